The number of nitrogens with two attached hydrogens (primary N) is 1. The van der Waals surface area contributed by atoms with Crippen LogP contribution in [0.3, 0.4) is 0 Å². The van der Waals surface area contributed by atoms with Crippen LogP contribution in [0.25, 0.3) is 0 Å². The summed E-state index contributed by atoms with van der Waals surface area (Å²) in [6.07, 6.45) is 2.46. The van der Waals surface area contributed by atoms with E-state index in [1.165, 1.54) is 11.9 Å². The molecule has 0 radical (unpaired) electrons. The van der Waals surface area contributed by atoms with Gasteiger partial charge in [-0.1, -0.05) is 19.1 Å². The molecule has 0 aliphatic carbocycles. The largest absolute Gasteiger partial charge is 0.490 e. The lowest BCUT2D eigenvalue weighted by Gasteiger charge is -2.21. The molecular weight excluding hydrogens is 240 g/mol. The van der Waals surface area contributed by atoms with Crippen LogP contribution in [0.15, 0.2) is 30.6 Å². The van der Waals surface area contributed by atoms with Crippen molar-refractivity contribution in [1.29, 1.82) is 0 Å². The molecule has 100 valence electrons. The summed E-state index contributed by atoms with van der Waals surface area (Å²) in [6.45, 7) is 2.13. The van der Waals surface area contributed by atoms with E-state index >= 15 is 0 Å². The number of rotatable bonds is 4. The van der Waals surface area contributed by atoms with Crippen molar-refractivity contribution in [3.05, 3.63) is 36.2 Å². The van der Waals surface area contributed by atoms with Gasteiger partial charge in [0, 0.05) is 12.7 Å². The van der Waals surface area contributed by atoms with Crippen LogP contribution in [0, 0.1) is 0 Å². The third-order valence-corrected chi connectivity index (χ3v) is 3.07. The van der Waals surface area contributed by atoms with Gasteiger partial charge in [0.1, 0.15) is 6.33 Å². The minimum Gasteiger partial charge on any atom is -0.490 e. The van der Waals surface area contributed by atoms with Gasteiger partial charge in [-0.15, -0.1) is 0 Å². The van der Waals surface area contributed by atoms with E-state index in [4.69, 9.17) is 10.5 Å². The van der Waals surface area contributed by atoms with Crippen molar-refractivity contribution < 1.29 is 4.74 Å². The van der Waals surface area contributed by atoms with Crippen LogP contribution < -0.4 is 15.4 Å². The van der Waals surface area contributed by atoms with Crippen molar-refractivity contribution in [3.8, 4) is 5.75 Å². The van der Waals surface area contributed by atoms with E-state index in [2.05, 4.69) is 41.2 Å². The van der Waals surface area contributed by atoms with Crippen molar-refractivity contribution >= 4 is 17.3 Å². The molecule has 2 aromatic rings. The molecule has 0 saturated carbocycles. The topological polar surface area (TPSA) is 64.3 Å². The molecule has 0 aliphatic rings. The summed E-state index contributed by atoms with van der Waals surface area (Å²) in [7, 11) is 3.48. The number of anilines is 3. The summed E-state index contributed by atoms with van der Waals surface area (Å²) in [4.78, 5) is 10.1. The highest BCUT2D eigenvalue weighted by molar-refractivity contribution is 5.69. The average Bonchev–Trinajstić information content (AvgIpc) is 2.46. The Morgan fingerprint density at radius 3 is 2.47 bits per heavy atom. The molecule has 0 atom stereocenters. The predicted molar refractivity (Wildman–Crippen MR) is 76.9 cm³/mol. The molecule has 2 N–H and O–H groups in total. The van der Waals surface area contributed by atoms with E-state index in [-0.39, 0.29) is 0 Å². The number of aromatic nitrogens is 2. The molecule has 2 rings (SSSR count). The number of benzene rings is 1. The van der Waals surface area contributed by atoms with Crippen molar-refractivity contribution in [3.63, 3.8) is 0 Å². The molecule has 0 saturated heterocycles. The van der Waals surface area contributed by atoms with E-state index in [0.29, 0.717) is 17.4 Å². The Labute approximate surface area is 113 Å². The summed E-state index contributed by atoms with van der Waals surface area (Å²) in [5.74, 6) is 1.48. The lowest BCUT2D eigenvalue weighted by atomic mass is 10.1. The quantitative estimate of drug-likeness (QED) is 0.912. The van der Waals surface area contributed by atoms with Gasteiger partial charge in [0.2, 0.25) is 5.75 Å². The molecule has 1 aromatic heterocycles. The highest BCUT2D eigenvalue weighted by atomic mass is 16.5. The molecule has 5 nitrogen and oxygen atoms in total. The standard InChI is InChI=1S/C14H18N4O/c1-4-10-5-7-11(8-6-10)18(2)14-12(19-3)13(15)16-9-17-14/h5-9H,4H2,1-3H3,(H2,15,16,17). The molecule has 0 spiro atoms. The fourth-order valence-corrected chi connectivity index (χ4v) is 1.89. The fraction of sp³-hybridized carbons (Fsp3) is 0.286. The number of hydrogen-bond donors (Lipinski definition) is 1. The second-order valence-electron chi connectivity index (χ2n) is 4.19. The van der Waals surface area contributed by atoms with Crippen LogP contribution in [0.1, 0.15) is 12.5 Å². The summed E-state index contributed by atoms with van der Waals surface area (Å²) in [5, 5.41) is 0. The second kappa shape index (κ2) is 5.56. The first-order chi connectivity index (χ1) is 9.17. The zero-order valence-electron chi connectivity index (χ0n) is 11.4. The molecule has 5 heteroatoms. The van der Waals surface area contributed by atoms with E-state index in [1.807, 2.05) is 11.9 Å². The summed E-state index contributed by atoms with van der Waals surface area (Å²) in [5.41, 5.74) is 8.11. The smallest absolute Gasteiger partial charge is 0.204 e. The minimum atomic E-state index is 0.338. The van der Waals surface area contributed by atoms with Crippen LogP contribution in [-0.2, 0) is 6.42 Å². The lowest BCUT2D eigenvalue weighted by Crippen LogP contribution is -2.14. The van der Waals surface area contributed by atoms with Crippen LogP contribution >= 0.6 is 0 Å². The Kier molecular flexibility index (Phi) is 3.85. The maximum atomic E-state index is 5.79. The SMILES string of the molecule is CCc1ccc(N(C)c2ncnc(N)c2OC)cc1. The van der Waals surface area contributed by atoms with Crippen LogP contribution in [0.2, 0.25) is 0 Å². The van der Waals surface area contributed by atoms with E-state index in [9.17, 15) is 0 Å². The lowest BCUT2D eigenvalue weighted by molar-refractivity contribution is 0.414. The van der Waals surface area contributed by atoms with Gasteiger partial charge >= 0.3 is 0 Å². The van der Waals surface area contributed by atoms with Crippen LogP contribution in [-0.4, -0.2) is 24.1 Å². The van der Waals surface area contributed by atoms with Crippen molar-refractivity contribution in [2.45, 2.75) is 13.3 Å². The molecule has 1 heterocycles. The third-order valence-electron chi connectivity index (χ3n) is 3.07. The number of ether oxygens (including phenoxy) is 1. The molecule has 0 fully saturated rings. The minimum absolute atomic E-state index is 0.338. The fourth-order valence-electron chi connectivity index (χ4n) is 1.89. The maximum absolute atomic E-state index is 5.79. The average molecular weight is 258 g/mol. The first-order valence-corrected chi connectivity index (χ1v) is 6.14. The van der Waals surface area contributed by atoms with Gasteiger partial charge in [-0.25, -0.2) is 9.97 Å². The molecule has 19 heavy (non-hydrogen) atoms. The van der Waals surface area contributed by atoms with E-state index in [0.717, 1.165) is 12.1 Å². The molecule has 1 aromatic carbocycles. The number of methoxy groups -OCH3 is 1. The van der Waals surface area contributed by atoms with Gasteiger partial charge in [-0.05, 0) is 24.1 Å². The Balaban J connectivity index is 2.37. The van der Waals surface area contributed by atoms with Gasteiger partial charge in [0.15, 0.2) is 11.6 Å². The predicted octanol–water partition coefficient (Wildman–Crippen LogP) is 2.40. The maximum Gasteiger partial charge on any atom is 0.204 e. The van der Waals surface area contributed by atoms with Crippen molar-refractivity contribution in [2.24, 2.45) is 0 Å². The first-order valence-electron chi connectivity index (χ1n) is 6.14. The van der Waals surface area contributed by atoms with Gasteiger partial charge in [-0.2, -0.15) is 0 Å². The summed E-state index contributed by atoms with van der Waals surface area (Å²) < 4.78 is 5.27. The van der Waals surface area contributed by atoms with E-state index < -0.39 is 0 Å². The van der Waals surface area contributed by atoms with Crippen LogP contribution in [0.5, 0.6) is 5.75 Å². The van der Waals surface area contributed by atoms with Crippen molar-refractivity contribution in [2.75, 3.05) is 24.8 Å². The summed E-state index contributed by atoms with van der Waals surface area (Å²) >= 11 is 0. The number of nitrogen functional groups attached to an aromatic ring is 1. The molecule has 0 unspecified atom stereocenters. The van der Waals surface area contributed by atoms with Gasteiger partial charge < -0.3 is 15.4 Å². The molecule has 0 bridgehead atoms. The number of hydrogen-bond acceptors (Lipinski definition) is 5. The Hall–Kier alpha value is -2.30. The highest BCUT2D eigenvalue weighted by Gasteiger charge is 2.14. The molecule has 0 amide bonds. The number of aryl methyl sites for hydroxylation is 1. The van der Waals surface area contributed by atoms with Gasteiger partial charge in [0.05, 0.1) is 7.11 Å². The third kappa shape index (κ3) is 2.59. The first kappa shape index (κ1) is 13.1. The monoisotopic (exact) mass is 258 g/mol. The zero-order chi connectivity index (χ0) is 13.8. The normalized spacial score (nSPS) is 10.3. The van der Waals surface area contributed by atoms with Gasteiger partial charge in [-0.3, -0.25) is 0 Å². The Bertz CT molecular complexity index is 554. The Morgan fingerprint density at radius 2 is 1.89 bits per heavy atom. The zero-order valence-corrected chi connectivity index (χ0v) is 11.4. The van der Waals surface area contributed by atoms with Crippen LogP contribution in [0.4, 0.5) is 17.3 Å². The summed E-state index contributed by atoms with van der Waals surface area (Å²) in [6, 6.07) is 8.30. The second-order valence-corrected chi connectivity index (χ2v) is 4.19. The number of nitrogens with zero attached hydrogens (tertiary/aromatic N) is 3. The molecule has 0 aliphatic heterocycles. The molecular formula is C14H18N4O. The van der Waals surface area contributed by atoms with Gasteiger partial charge in [0.25, 0.3) is 0 Å². The highest BCUT2D eigenvalue weighted by Crippen LogP contribution is 2.33. The Morgan fingerprint density at radius 1 is 1.21 bits per heavy atom. The van der Waals surface area contributed by atoms with E-state index in [1.54, 1.807) is 7.11 Å². The van der Waals surface area contributed by atoms with Crippen molar-refractivity contribution in [1.82, 2.24) is 9.97 Å².